The third-order valence-corrected chi connectivity index (χ3v) is 7.18. The lowest BCUT2D eigenvalue weighted by Gasteiger charge is -2.29. The van der Waals surface area contributed by atoms with Crippen LogP contribution in [0.5, 0.6) is 0 Å². The highest BCUT2D eigenvalue weighted by atomic mass is 32.1. The van der Waals surface area contributed by atoms with Crippen LogP contribution < -0.4 is 5.32 Å². The number of aryl methyl sites for hydroxylation is 1. The first-order chi connectivity index (χ1) is 11.9. The van der Waals surface area contributed by atoms with E-state index in [2.05, 4.69) is 37.4 Å². The first kappa shape index (κ1) is 16.8. The second-order valence-electron chi connectivity index (χ2n) is 8.11. The van der Waals surface area contributed by atoms with E-state index in [-0.39, 0.29) is 5.41 Å². The van der Waals surface area contributed by atoms with Crippen molar-refractivity contribution in [2.45, 2.75) is 52.0 Å². The van der Waals surface area contributed by atoms with Gasteiger partial charge in [0.05, 0.1) is 5.56 Å². The summed E-state index contributed by atoms with van der Waals surface area (Å²) in [6.45, 7) is 4.49. The van der Waals surface area contributed by atoms with Gasteiger partial charge >= 0.3 is 5.97 Å². The van der Waals surface area contributed by atoms with Crippen LogP contribution in [-0.4, -0.2) is 18.1 Å². The Bertz CT molecular complexity index is 850. The number of benzene rings is 1. The van der Waals surface area contributed by atoms with E-state index in [0.29, 0.717) is 11.6 Å². The Morgan fingerprint density at radius 2 is 2.08 bits per heavy atom. The number of fused-ring (bicyclic) bond motifs is 2. The Labute approximate surface area is 153 Å². The van der Waals surface area contributed by atoms with Crippen LogP contribution in [-0.2, 0) is 19.3 Å². The molecule has 0 fully saturated rings. The van der Waals surface area contributed by atoms with Gasteiger partial charge in [-0.05, 0) is 66.8 Å². The summed E-state index contributed by atoms with van der Waals surface area (Å²) in [5, 5.41) is 13.4. The molecule has 0 amide bonds. The summed E-state index contributed by atoms with van der Waals surface area (Å²) in [5.41, 5.74) is 5.65. The Morgan fingerprint density at radius 1 is 1.28 bits per heavy atom. The molecule has 4 heteroatoms. The van der Waals surface area contributed by atoms with Crippen molar-refractivity contribution in [2.75, 3.05) is 7.05 Å². The van der Waals surface area contributed by atoms with Crippen LogP contribution in [0.15, 0.2) is 18.2 Å². The van der Waals surface area contributed by atoms with E-state index < -0.39 is 5.97 Å². The fourth-order valence-corrected chi connectivity index (χ4v) is 5.86. The number of nitrogens with one attached hydrogen (secondary N) is 1. The average Bonchev–Trinajstić information content (AvgIpc) is 3.14. The largest absolute Gasteiger partial charge is 0.478 e. The smallest absolute Gasteiger partial charge is 0.337 e. The minimum Gasteiger partial charge on any atom is -0.478 e. The Hall–Kier alpha value is -1.65. The summed E-state index contributed by atoms with van der Waals surface area (Å²) in [7, 11) is 2.00. The quantitative estimate of drug-likeness (QED) is 0.829. The molecule has 2 N–H and O–H groups in total. The van der Waals surface area contributed by atoms with Crippen molar-refractivity contribution < 1.29 is 9.90 Å². The summed E-state index contributed by atoms with van der Waals surface area (Å²) in [6.07, 6.45) is 5.11. The van der Waals surface area contributed by atoms with Crippen LogP contribution in [0.2, 0.25) is 0 Å². The van der Waals surface area contributed by atoms with E-state index in [1.807, 2.05) is 7.05 Å². The van der Waals surface area contributed by atoms with Crippen molar-refractivity contribution in [1.82, 2.24) is 5.32 Å². The lowest BCUT2D eigenvalue weighted by molar-refractivity contribution is 0.0696. The maximum absolute atomic E-state index is 12.2. The van der Waals surface area contributed by atoms with Gasteiger partial charge in [-0.25, -0.2) is 4.79 Å². The molecule has 4 rings (SSSR count). The van der Waals surface area contributed by atoms with E-state index in [9.17, 15) is 9.90 Å². The molecule has 2 aromatic rings. The summed E-state index contributed by atoms with van der Waals surface area (Å²) >= 11 is 1.72. The van der Waals surface area contributed by atoms with E-state index in [4.69, 9.17) is 0 Å². The van der Waals surface area contributed by atoms with Gasteiger partial charge in [-0.15, -0.1) is 11.3 Å². The fraction of sp³-hybridized carbons (Fsp3) is 0.476. The van der Waals surface area contributed by atoms with Crippen molar-refractivity contribution in [3.63, 3.8) is 0 Å². The van der Waals surface area contributed by atoms with E-state index >= 15 is 0 Å². The topological polar surface area (TPSA) is 49.3 Å². The van der Waals surface area contributed by atoms with Crippen molar-refractivity contribution in [3.05, 3.63) is 45.3 Å². The number of hydrogen-bond donors (Lipinski definition) is 2. The van der Waals surface area contributed by atoms with Gasteiger partial charge < -0.3 is 10.4 Å². The summed E-state index contributed by atoms with van der Waals surface area (Å²) in [4.78, 5) is 14.4. The number of hydrogen-bond acceptors (Lipinski definition) is 3. The zero-order valence-corrected chi connectivity index (χ0v) is 15.9. The molecule has 0 bridgehead atoms. The highest BCUT2D eigenvalue weighted by Crippen LogP contribution is 2.47. The van der Waals surface area contributed by atoms with Gasteiger partial charge in [0.1, 0.15) is 0 Å². The molecule has 1 aromatic carbocycles. The van der Waals surface area contributed by atoms with Gasteiger partial charge in [0.2, 0.25) is 0 Å². The third kappa shape index (κ3) is 2.72. The Kier molecular flexibility index (Phi) is 4.00. The molecule has 2 aliphatic carbocycles. The number of carbonyl (C=O) groups is 1. The number of carboxylic acids is 1. The molecule has 1 atom stereocenters. The lowest BCUT2D eigenvalue weighted by Crippen LogP contribution is -2.22. The molecule has 1 aromatic heterocycles. The average molecular weight is 356 g/mol. The van der Waals surface area contributed by atoms with Crippen LogP contribution in [0.1, 0.15) is 64.7 Å². The zero-order valence-electron chi connectivity index (χ0n) is 15.1. The molecular formula is C21H25NO2S. The van der Waals surface area contributed by atoms with E-state index in [1.54, 1.807) is 11.3 Å². The Morgan fingerprint density at radius 3 is 2.80 bits per heavy atom. The van der Waals surface area contributed by atoms with Crippen molar-refractivity contribution in [2.24, 2.45) is 5.41 Å². The summed E-state index contributed by atoms with van der Waals surface area (Å²) < 4.78 is 0. The summed E-state index contributed by atoms with van der Waals surface area (Å²) in [5.74, 6) is -0.772. The van der Waals surface area contributed by atoms with Gasteiger partial charge in [-0.1, -0.05) is 32.0 Å². The molecule has 0 unspecified atom stereocenters. The molecule has 0 radical (unpaired) electrons. The maximum atomic E-state index is 12.2. The number of rotatable bonds is 3. The molecule has 1 heterocycles. The maximum Gasteiger partial charge on any atom is 0.337 e. The van der Waals surface area contributed by atoms with Gasteiger partial charge in [0, 0.05) is 15.8 Å². The highest BCUT2D eigenvalue weighted by molar-refractivity contribution is 7.16. The van der Waals surface area contributed by atoms with Crippen molar-refractivity contribution in [1.29, 1.82) is 0 Å². The van der Waals surface area contributed by atoms with Crippen LogP contribution >= 0.6 is 11.3 Å². The SMILES string of the molecule is CN[C@H]1CCc2c(-c3sc4c(c3C(=O)O)CC(C)(C)CC4)cccc21. The molecule has 0 saturated carbocycles. The monoisotopic (exact) mass is 355 g/mol. The van der Waals surface area contributed by atoms with Crippen LogP contribution in [0.3, 0.4) is 0 Å². The molecule has 132 valence electrons. The zero-order chi connectivity index (χ0) is 17.8. The van der Waals surface area contributed by atoms with E-state index in [1.165, 1.54) is 16.0 Å². The molecule has 0 aliphatic heterocycles. The molecule has 3 nitrogen and oxygen atoms in total. The molecule has 25 heavy (non-hydrogen) atoms. The molecule has 0 spiro atoms. The molecular weight excluding hydrogens is 330 g/mol. The minimum absolute atomic E-state index is 0.186. The van der Waals surface area contributed by atoms with Crippen molar-refractivity contribution >= 4 is 17.3 Å². The fourth-order valence-electron chi connectivity index (χ4n) is 4.50. The normalized spacial score (nSPS) is 21.0. The van der Waals surface area contributed by atoms with E-state index in [0.717, 1.165) is 48.1 Å². The Balaban J connectivity index is 1.90. The standard InChI is InChI=1S/C21H25NO2S/c1-21(2)10-9-17-15(11-21)18(20(23)24)19(25-17)14-6-4-5-13-12(14)7-8-16(13)22-3/h4-6,16,22H,7-11H2,1-3H3,(H,23,24)/t16-/m0/s1. The van der Waals surface area contributed by atoms with Crippen LogP contribution in [0, 0.1) is 5.41 Å². The second-order valence-corrected chi connectivity index (χ2v) is 9.21. The number of aromatic carboxylic acids is 1. The number of carboxylic acid groups (broad SMARTS) is 1. The third-order valence-electron chi connectivity index (χ3n) is 5.85. The van der Waals surface area contributed by atoms with Crippen molar-refractivity contribution in [3.8, 4) is 10.4 Å². The van der Waals surface area contributed by atoms with Gasteiger partial charge in [0.25, 0.3) is 0 Å². The predicted molar refractivity (Wildman–Crippen MR) is 103 cm³/mol. The minimum atomic E-state index is -0.772. The first-order valence-electron chi connectivity index (χ1n) is 9.08. The van der Waals surface area contributed by atoms with Crippen LogP contribution in [0.25, 0.3) is 10.4 Å². The predicted octanol–water partition coefficient (Wildman–Crippen LogP) is 4.83. The van der Waals surface area contributed by atoms with Gasteiger partial charge in [-0.3, -0.25) is 0 Å². The van der Waals surface area contributed by atoms with Gasteiger partial charge in [0.15, 0.2) is 0 Å². The van der Waals surface area contributed by atoms with Crippen LogP contribution in [0.4, 0.5) is 0 Å². The first-order valence-corrected chi connectivity index (χ1v) is 9.90. The van der Waals surface area contributed by atoms with Gasteiger partial charge in [-0.2, -0.15) is 0 Å². The lowest BCUT2D eigenvalue weighted by atomic mass is 9.76. The molecule has 0 saturated heterocycles. The highest BCUT2D eigenvalue weighted by Gasteiger charge is 2.34. The number of thiophene rings is 1. The summed E-state index contributed by atoms with van der Waals surface area (Å²) in [6, 6.07) is 6.77. The second kappa shape index (κ2) is 5.96. The molecule has 2 aliphatic rings.